The molecule has 0 aliphatic carbocycles. The fraction of sp³-hybridized carbons (Fsp3) is 0.333. The molecule has 2 aromatic rings. The summed E-state index contributed by atoms with van der Waals surface area (Å²) in [6.45, 7) is 6.65. The summed E-state index contributed by atoms with van der Waals surface area (Å²) < 4.78 is 13.9. The monoisotopic (exact) mass is 424 g/mol. The number of hydrogen-bond acceptors (Lipinski definition) is 4. The van der Waals surface area contributed by atoms with E-state index >= 15 is 0 Å². The van der Waals surface area contributed by atoms with Crippen LogP contribution < -0.4 is 4.90 Å². The summed E-state index contributed by atoms with van der Waals surface area (Å²) in [5.74, 6) is -0.399. The van der Waals surface area contributed by atoms with E-state index in [-0.39, 0.29) is 23.2 Å². The number of benzene rings is 2. The van der Waals surface area contributed by atoms with E-state index in [9.17, 15) is 14.0 Å². The van der Waals surface area contributed by atoms with E-state index in [1.54, 1.807) is 24.3 Å². The molecule has 2 aliphatic heterocycles. The van der Waals surface area contributed by atoms with Gasteiger partial charge in [-0.05, 0) is 73.4 Å². The van der Waals surface area contributed by atoms with Crippen molar-refractivity contribution in [3.05, 3.63) is 69.9 Å². The summed E-state index contributed by atoms with van der Waals surface area (Å²) in [6, 6.07) is 12.4. The maximum Gasteiger partial charge on any atom is 0.293 e. The van der Waals surface area contributed by atoms with E-state index in [2.05, 4.69) is 44.9 Å². The number of fused-ring (bicyclic) bond motifs is 1. The third-order valence-corrected chi connectivity index (χ3v) is 7.02. The molecular formula is C24H25FN2O2S. The van der Waals surface area contributed by atoms with Crippen LogP contribution >= 0.6 is 11.8 Å². The molecule has 2 aliphatic rings. The first-order valence-electron chi connectivity index (χ1n) is 10.0. The van der Waals surface area contributed by atoms with Gasteiger partial charge in [0.1, 0.15) is 5.82 Å². The van der Waals surface area contributed by atoms with Crippen LogP contribution in [-0.2, 0) is 11.3 Å². The molecule has 1 fully saturated rings. The van der Waals surface area contributed by atoms with E-state index in [0.29, 0.717) is 16.4 Å². The van der Waals surface area contributed by atoms with Crippen molar-refractivity contribution in [2.24, 2.45) is 0 Å². The number of thioether (sulfide) groups is 1. The van der Waals surface area contributed by atoms with Gasteiger partial charge < -0.3 is 4.90 Å². The summed E-state index contributed by atoms with van der Waals surface area (Å²) in [6.07, 6.45) is 2.80. The summed E-state index contributed by atoms with van der Waals surface area (Å²) >= 11 is 0.906. The van der Waals surface area contributed by atoms with Gasteiger partial charge >= 0.3 is 0 Å². The Morgan fingerprint density at radius 1 is 1.20 bits per heavy atom. The summed E-state index contributed by atoms with van der Waals surface area (Å²) in [5, 5.41) is -0.373. The molecule has 0 radical (unpaired) electrons. The molecular weight excluding hydrogens is 399 g/mol. The quantitative estimate of drug-likeness (QED) is 0.585. The van der Waals surface area contributed by atoms with Crippen molar-refractivity contribution in [1.29, 1.82) is 0 Å². The number of halogens is 1. The lowest BCUT2D eigenvalue weighted by atomic mass is 9.80. The second kappa shape index (κ2) is 7.58. The highest BCUT2D eigenvalue weighted by Crippen LogP contribution is 2.43. The van der Waals surface area contributed by atoms with Crippen LogP contribution in [0.4, 0.5) is 14.9 Å². The molecule has 0 N–H and O–H groups in total. The standard InChI is InChI=1S/C24H25FN2O2S/c1-15-13-24(2,3)26(4)20-10-9-16(11-18(15)20)12-21-22(28)27(23(29)30-21)14-17-7-5-6-8-19(17)25/h5-12,15H,13-14H2,1-4H3/b21-12+. The number of nitrogens with zero attached hydrogens (tertiary/aromatic N) is 2. The van der Waals surface area contributed by atoms with Gasteiger partial charge in [0.15, 0.2) is 0 Å². The Bertz CT molecular complexity index is 1060. The Balaban J connectivity index is 1.60. The van der Waals surface area contributed by atoms with Crippen molar-refractivity contribution in [2.45, 2.75) is 45.2 Å². The van der Waals surface area contributed by atoms with Gasteiger partial charge in [0.05, 0.1) is 11.4 Å². The molecule has 4 rings (SSSR count). The topological polar surface area (TPSA) is 40.6 Å². The van der Waals surface area contributed by atoms with Crippen LogP contribution in [0.1, 0.15) is 49.8 Å². The van der Waals surface area contributed by atoms with Crippen LogP contribution in [0.15, 0.2) is 47.4 Å². The van der Waals surface area contributed by atoms with Gasteiger partial charge in [-0.2, -0.15) is 0 Å². The summed E-state index contributed by atoms with van der Waals surface area (Å²) in [7, 11) is 2.11. The zero-order valence-corrected chi connectivity index (χ0v) is 18.4. The molecule has 0 bridgehead atoms. The van der Waals surface area contributed by atoms with Crippen LogP contribution in [0.5, 0.6) is 0 Å². The Hall–Kier alpha value is -2.60. The van der Waals surface area contributed by atoms with Crippen LogP contribution in [0.2, 0.25) is 0 Å². The predicted molar refractivity (Wildman–Crippen MR) is 120 cm³/mol. The van der Waals surface area contributed by atoms with Crippen molar-refractivity contribution in [2.75, 3.05) is 11.9 Å². The van der Waals surface area contributed by atoms with Gasteiger partial charge in [0.2, 0.25) is 0 Å². The van der Waals surface area contributed by atoms with E-state index < -0.39 is 5.82 Å². The third kappa shape index (κ3) is 3.65. The third-order valence-electron chi connectivity index (χ3n) is 6.12. The normalized spacial score (nSPS) is 22.0. The summed E-state index contributed by atoms with van der Waals surface area (Å²) in [4.78, 5) is 29.0. The second-order valence-corrected chi connectivity index (χ2v) is 9.65. The SMILES string of the molecule is CC1CC(C)(C)N(C)c2ccc(/C=C3/SC(=O)N(Cc4ccccc4F)C3=O)cc21. The Morgan fingerprint density at radius 2 is 1.93 bits per heavy atom. The Kier molecular flexibility index (Phi) is 5.22. The van der Waals surface area contributed by atoms with Gasteiger partial charge in [-0.1, -0.05) is 31.2 Å². The molecule has 1 unspecified atom stereocenters. The van der Waals surface area contributed by atoms with Crippen LogP contribution in [0.25, 0.3) is 6.08 Å². The molecule has 2 heterocycles. The fourth-order valence-electron chi connectivity index (χ4n) is 4.27. The van der Waals surface area contributed by atoms with Crippen molar-refractivity contribution >= 4 is 34.7 Å². The molecule has 156 valence electrons. The van der Waals surface area contributed by atoms with Crippen molar-refractivity contribution in [3.63, 3.8) is 0 Å². The zero-order valence-electron chi connectivity index (χ0n) is 17.6. The largest absolute Gasteiger partial charge is 0.369 e. The molecule has 2 amide bonds. The van der Waals surface area contributed by atoms with Crippen molar-refractivity contribution in [3.8, 4) is 0 Å². The number of rotatable bonds is 3. The van der Waals surface area contributed by atoms with Crippen LogP contribution in [-0.4, -0.2) is 28.6 Å². The maximum absolute atomic E-state index is 13.9. The molecule has 4 nitrogen and oxygen atoms in total. The van der Waals surface area contributed by atoms with E-state index in [4.69, 9.17) is 0 Å². The number of carbonyl (C=O) groups is 2. The highest BCUT2D eigenvalue weighted by Gasteiger charge is 2.36. The van der Waals surface area contributed by atoms with Gasteiger partial charge in [-0.15, -0.1) is 0 Å². The molecule has 2 aromatic carbocycles. The molecule has 1 saturated heterocycles. The molecule has 0 aromatic heterocycles. The minimum Gasteiger partial charge on any atom is -0.369 e. The molecule has 0 saturated carbocycles. The minimum absolute atomic E-state index is 0.0597. The van der Waals surface area contributed by atoms with Gasteiger partial charge in [0, 0.05) is 23.8 Å². The van der Waals surface area contributed by atoms with E-state index in [1.807, 2.05) is 6.07 Å². The van der Waals surface area contributed by atoms with Crippen LogP contribution in [0.3, 0.4) is 0 Å². The average Bonchev–Trinajstić information content (AvgIpc) is 2.95. The van der Waals surface area contributed by atoms with Crippen molar-refractivity contribution in [1.82, 2.24) is 4.90 Å². The number of hydrogen-bond donors (Lipinski definition) is 0. The zero-order chi connectivity index (χ0) is 21.6. The number of imide groups is 1. The molecule has 6 heteroatoms. The lowest BCUT2D eigenvalue weighted by molar-refractivity contribution is -0.123. The number of amides is 2. The van der Waals surface area contributed by atoms with Gasteiger partial charge in [0.25, 0.3) is 11.1 Å². The predicted octanol–water partition coefficient (Wildman–Crippen LogP) is 5.78. The smallest absolute Gasteiger partial charge is 0.293 e. The molecule has 1 atom stereocenters. The molecule has 30 heavy (non-hydrogen) atoms. The van der Waals surface area contributed by atoms with E-state index in [1.165, 1.54) is 17.3 Å². The maximum atomic E-state index is 13.9. The first-order valence-corrected chi connectivity index (χ1v) is 10.9. The van der Waals surface area contributed by atoms with Crippen LogP contribution in [0, 0.1) is 5.82 Å². The van der Waals surface area contributed by atoms with Gasteiger partial charge in [-0.3, -0.25) is 14.5 Å². The number of anilines is 1. The van der Waals surface area contributed by atoms with Gasteiger partial charge in [-0.25, -0.2) is 4.39 Å². The highest BCUT2D eigenvalue weighted by atomic mass is 32.2. The van der Waals surface area contributed by atoms with Crippen molar-refractivity contribution < 1.29 is 14.0 Å². The lowest BCUT2D eigenvalue weighted by Gasteiger charge is -2.45. The Labute approximate surface area is 180 Å². The van der Waals surface area contributed by atoms with E-state index in [0.717, 1.165) is 28.6 Å². The Morgan fingerprint density at radius 3 is 2.67 bits per heavy atom. The minimum atomic E-state index is -0.420. The lowest BCUT2D eigenvalue weighted by Crippen LogP contribution is -2.45. The molecule has 0 spiro atoms. The first kappa shape index (κ1) is 20.7. The fourth-order valence-corrected chi connectivity index (χ4v) is 5.11. The average molecular weight is 425 g/mol. The second-order valence-electron chi connectivity index (χ2n) is 8.65. The number of carbonyl (C=O) groups excluding carboxylic acids is 2. The highest BCUT2D eigenvalue weighted by molar-refractivity contribution is 8.18. The first-order chi connectivity index (χ1) is 14.2. The summed E-state index contributed by atoms with van der Waals surface area (Å²) in [5.41, 5.74) is 3.75.